The largest absolute Gasteiger partial charge is 0.478 e. The molecule has 2 aromatic heterocycles. The molecule has 2 rings (SSSR count). The van der Waals surface area contributed by atoms with Gasteiger partial charge in [0.25, 0.3) is 5.56 Å². The van der Waals surface area contributed by atoms with Gasteiger partial charge in [-0.2, -0.15) is 0 Å². The highest BCUT2D eigenvalue weighted by atomic mass is 32.2. The van der Waals surface area contributed by atoms with Gasteiger partial charge in [-0.05, 0) is 17.8 Å². The second-order valence-corrected chi connectivity index (χ2v) is 4.27. The van der Waals surface area contributed by atoms with Crippen LogP contribution in [0.3, 0.4) is 0 Å². The third-order valence-electron chi connectivity index (χ3n) is 1.99. The van der Waals surface area contributed by atoms with Crippen LogP contribution in [-0.2, 0) is 0 Å². The Labute approximate surface area is 105 Å². The second kappa shape index (κ2) is 4.88. The molecule has 0 aliphatic heterocycles. The topological polar surface area (TPSA) is 122 Å². The highest BCUT2D eigenvalue weighted by molar-refractivity contribution is 7.99. The number of aromatic nitrogens is 3. The van der Waals surface area contributed by atoms with Crippen molar-refractivity contribution in [2.45, 2.75) is 10.2 Å². The van der Waals surface area contributed by atoms with Crippen molar-refractivity contribution in [1.29, 1.82) is 0 Å². The number of nitrogens with two attached hydrogens (primary N) is 1. The van der Waals surface area contributed by atoms with Crippen molar-refractivity contribution in [1.82, 2.24) is 15.0 Å². The van der Waals surface area contributed by atoms with E-state index >= 15 is 0 Å². The van der Waals surface area contributed by atoms with Crippen LogP contribution in [0.1, 0.15) is 10.4 Å². The average molecular weight is 264 g/mol. The first-order chi connectivity index (χ1) is 8.56. The van der Waals surface area contributed by atoms with Crippen LogP contribution in [0.4, 0.5) is 5.69 Å². The van der Waals surface area contributed by atoms with Gasteiger partial charge in [0, 0.05) is 12.3 Å². The van der Waals surface area contributed by atoms with Crippen molar-refractivity contribution in [3.63, 3.8) is 0 Å². The lowest BCUT2D eigenvalue weighted by Gasteiger charge is -2.03. The molecule has 0 saturated carbocycles. The fourth-order valence-electron chi connectivity index (χ4n) is 1.19. The maximum atomic E-state index is 11.1. The minimum Gasteiger partial charge on any atom is -0.478 e. The van der Waals surface area contributed by atoms with E-state index in [1.807, 2.05) is 0 Å². The van der Waals surface area contributed by atoms with Gasteiger partial charge in [-0.15, -0.1) is 0 Å². The first-order valence-corrected chi connectivity index (χ1v) is 5.60. The van der Waals surface area contributed by atoms with E-state index in [-0.39, 0.29) is 16.8 Å². The van der Waals surface area contributed by atoms with Crippen LogP contribution in [0, 0.1) is 0 Å². The molecule has 8 heteroatoms. The van der Waals surface area contributed by atoms with Gasteiger partial charge in [0.2, 0.25) is 0 Å². The number of nitrogens with one attached hydrogen (secondary N) is 1. The Morgan fingerprint density at radius 3 is 2.89 bits per heavy atom. The van der Waals surface area contributed by atoms with E-state index in [0.29, 0.717) is 10.2 Å². The van der Waals surface area contributed by atoms with Gasteiger partial charge in [-0.3, -0.25) is 4.79 Å². The molecule has 0 amide bonds. The molecule has 0 radical (unpaired) electrons. The van der Waals surface area contributed by atoms with Crippen molar-refractivity contribution >= 4 is 23.4 Å². The zero-order valence-electron chi connectivity index (χ0n) is 8.95. The second-order valence-electron chi connectivity index (χ2n) is 3.26. The number of aromatic carboxylic acids is 1. The van der Waals surface area contributed by atoms with E-state index in [1.54, 1.807) is 0 Å². The third-order valence-corrected chi connectivity index (χ3v) is 2.82. The lowest BCUT2D eigenvalue weighted by molar-refractivity contribution is 0.0697. The van der Waals surface area contributed by atoms with Crippen molar-refractivity contribution in [2.75, 3.05) is 5.73 Å². The van der Waals surface area contributed by atoms with Crippen molar-refractivity contribution < 1.29 is 9.90 Å². The van der Waals surface area contributed by atoms with Gasteiger partial charge in [-0.1, -0.05) is 0 Å². The predicted molar refractivity (Wildman–Crippen MR) is 64.6 cm³/mol. The summed E-state index contributed by atoms with van der Waals surface area (Å²) in [5, 5.41) is 9.62. The van der Waals surface area contributed by atoms with E-state index in [1.165, 1.54) is 24.5 Å². The Morgan fingerprint density at radius 2 is 2.22 bits per heavy atom. The van der Waals surface area contributed by atoms with Gasteiger partial charge in [0.1, 0.15) is 5.03 Å². The van der Waals surface area contributed by atoms with Crippen LogP contribution in [0.2, 0.25) is 0 Å². The van der Waals surface area contributed by atoms with Crippen LogP contribution in [0.5, 0.6) is 0 Å². The summed E-state index contributed by atoms with van der Waals surface area (Å²) in [5.41, 5.74) is 5.24. The van der Waals surface area contributed by atoms with E-state index in [4.69, 9.17) is 10.8 Å². The molecule has 0 aromatic carbocycles. The Hall–Kier alpha value is -2.35. The van der Waals surface area contributed by atoms with Crippen molar-refractivity contribution in [3.8, 4) is 0 Å². The van der Waals surface area contributed by atoms with Crippen molar-refractivity contribution in [3.05, 3.63) is 40.4 Å². The van der Waals surface area contributed by atoms with Crippen LogP contribution in [0.25, 0.3) is 0 Å². The maximum absolute atomic E-state index is 11.1. The van der Waals surface area contributed by atoms with Gasteiger partial charge < -0.3 is 15.8 Å². The van der Waals surface area contributed by atoms with E-state index in [9.17, 15) is 9.59 Å². The van der Waals surface area contributed by atoms with Crippen LogP contribution in [0.15, 0.2) is 39.5 Å². The summed E-state index contributed by atoms with van der Waals surface area (Å²) in [7, 11) is 0. The van der Waals surface area contributed by atoms with Crippen LogP contribution < -0.4 is 11.3 Å². The predicted octanol–water partition coefficient (Wildman–Crippen LogP) is 0.597. The summed E-state index contributed by atoms with van der Waals surface area (Å²) in [5.74, 6) is -1.13. The zero-order chi connectivity index (χ0) is 13.1. The molecule has 2 heterocycles. The molecule has 92 valence electrons. The summed E-state index contributed by atoms with van der Waals surface area (Å²) in [6, 6.07) is 2.61. The molecule has 0 unspecified atom stereocenters. The zero-order valence-corrected chi connectivity index (χ0v) is 9.77. The Balaban J connectivity index is 2.33. The highest BCUT2D eigenvalue weighted by Crippen LogP contribution is 2.24. The first kappa shape index (κ1) is 12.1. The monoisotopic (exact) mass is 264 g/mol. The van der Waals surface area contributed by atoms with E-state index < -0.39 is 5.97 Å². The number of nitrogen functional groups attached to an aromatic ring is 1. The summed E-state index contributed by atoms with van der Waals surface area (Å²) >= 11 is 1.05. The van der Waals surface area contributed by atoms with E-state index in [2.05, 4.69) is 15.0 Å². The average Bonchev–Trinajstić information content (AvgIpc) is 2.31. The lowest BCUT2D eigenvalue weighted by Crippen LogP contribution is -2.06. The molecule has 4 N–H and O–H groups in total. The number of rotatable bonds is 3. The molecule has 2 aromatic rings. The quantitative estimate of drug-likeness (QED) is 0.693. The number of pyridine rings is 1. The summed E-state index contributed by atoms with van der Waals surface area (Å²) < 4.78 is 0. The Kier molecular flexibility index (Phi) is 3.28. The number of hydrogen-bond acceptors (Lipinski definition) is 6. The first-order valence-electron chi connectivity index (χ1n) is 4.78. The molecular weight excluding hydrogens is 256 g/mol. The summed E-state index contributed by atoms with van der Waals surface area (Å²) in [6.07, 6.45) is 2.61. The number of anilines is 1. The minimum atomic E-state index is -1.13. The summed E-state index contributed by atoms with van der Waals surface area (Å²) in [4.78, 5) is 32.3. The van der Waals surface area contributed by atoms with Gasteiger partial charge in [0.15, 0.2) is 5.16 Å². The lowest BCUT2D eigenvalue weighted by atomic mass is 10.2. The maximum Gasteiger partial charge on any atom is 0.337 e. The Morgan fingerprint density at radius 1 is 1.44 bits per heavy atom. The number of aromatic amines is 1. The third kappa shape index (κ3) is 2.66. The van der Waals surface area contributed by atoms with Gasteiger partial charge in [0.05, 0.1) is 17.4 Å². The van der Waals surface area contributed by atoms with Gasteiger partial charge >= 0.3 is 5.97 Å². The molecule has 0 aliphatic rings. The SMILES string of the molecule is Nc1cnc(Sc2nccc(=O)[nH]2)cc1C(=O)O. The fourth-order valence-corrected chi connectivity index (χ4v) is 1.94. The molecular formula is C10H8N4O3S. The number of carboxylic acids is 1. The van der Waals surface area contributed by atoms with Crippen LogP contribution in [-0.4, -0.2) is 26.0 Å². The number of carbonyl (C=O) groups is 1. The standard InChI is InChI=1S/C10H8N4O3S/c11-6-4-13-8(3-5(6)9(16)17)18-10-12-2-1-7(15)14-10/h1-4H,11H2,(H,16,17)(H,12,14,15). The molecule has 0 aliphatic carbocycles. The highest BCUT2D eigenvalue weighted by Gasteiger charge is 2.11. The van der Waals surface area contributed by atoms with Gasteiger partial charge in [-0.25, -0.2) is 14.8 Å². The number of nitrogens with zero attached hydrogens (tertiary/aromatic N) is 2. The number of hydrogen-bond donors (Lipinski definition) is 3. The molecule has 0 fully saturated rings. The molecule has 0 saturated heterocycles. The number of H-pyrrole nitrogens is 1. The molecule has 7 nitrogen and oxygen atoms in total. The minimum absolute atomic E-state index is 0.0363. The molecule has 18 heavy (non-hydrogen) atoms. The van der Waals surface area contributed by atoms with Crippen LogP contribution >= 0.6 is 11.8 Å². The normalized spacial score (nSPS) is 10.2. The molecule has 0 atom stereocenters. The smallest absolute Gasteiger partial charge is 0.337 e. The molecule has 0 bridgehead atoms. The van der Waals surface area contributed by atoms with E-state index in [0.717, 1.165) is 11.8 Å². The summed E-state index contributed by atoms with van der Waals surface area (Å²) in [6.45, 7) is 0. The fraction of sp³-hybridized carbons (Fsp3) is 0. The molecule has 0 spiro atoms. The van der Waals surface area contributed by atoms with Crippen molar-refractivity contribution in [2.24, 2.45) is 0 Å². The Bertz CT molecular complexity index is 656. The number of carboxylic acid groups (broad SMARTS) is 1.